The van der Waals surface area contributed by atoms with Crippen molar-refractivity contribution < 1.29 is 28.7 Å². The average Bonchev–Trinajstić information content (AvgIpc) is 3.52. The number of primary amides is 1. The third-order valence-electron chi connectivity index (χ3n) is 9.05. The zero-order valence-corrected chi connectivity index (χ0v) is 27.0. The predicted molar refractivity (Wildman–Crippen MR) is 176 cm³/mol. The molecule has 5 amide bonds. The number of nitrogens with zero attached hydrogens (tertiary/aromatic N) is 4. The SMILES string of the molecule is C#Cc1csc(-c2cc(O[C@H]3CCN4C(=O)N(C(N)=O)CCCC/C=C\[C@@H]5C[C@@]5([C]=O)NC(=O)[C@@H]4C3)c3ccc(OC)c(C)c3n2)n1. The van der Waals surface area contributed by atoms with Crippen molar-refractivity contribution in [3.8, 4) is 34.5 Å². The highest BCUT2D eigenvalue weighted by molar-refractivity contribution is 7.13. The number of nitrogens with one attached hydrogen (secondary N) is 1. The first-order valence-electron chi connectivity index (χ1n) is 15.5. The number of imide groups is 1. The molecule has 2 fully saturated rings. The average molecular weight is 656 g/mol. The van der Waals surface area contributed by atoms with Crippen LogP contribution in [0.15, 0.2) is 35.7 Å². The van der Waals surface area contributed by atoms with Gasteiger partial charge in [0.25, 0.3) is 0 Å². The number of ether oxygens (including phenoxy) is 2. The lowest BCUT2D eigenvalue weighted by atomic mass is 9.97. The number of rotatable bonds is 5. The van der Waals surface area contributed by atoms with E-state index in [-0.39, 0.29) is 25.4 Å². The molecule has 0 bridgehead atoms. The quantitative estimate of drug-likeness (QED) is 0.308. The summed E-state index contributed by atoms with van der Waals surface area (Å²) in [6, 6.07) is 2.94. The zero-order chi connectivity index (χ0) is 33.3. The largest absolute Gasteiger partial charge is 0.496 e. The van der Waals surface area contributed by atoms with Crippen molar-refractivity contribution in [2.24, 2.45) is 11.7 Å². The molecule has 1 aliphatic carbocycles. The Morgan fingerprint density at radius 3 is 2.77 bits per heavy atom. The second-order valence-corrected chi connectivity index (χ2v) is 12.9. The summed E-state index contributed by atoms with van der Waals surface area (Å²) in [5.41, 5.74) is 7.01. The Labute approximate surface area is 276 Å². The van der Waals surface area contributed by atoms with Crippen molar-refractivity contribution in [2.75, 3.05) is 20.2 Å². The van der Waals surface area contributed by atoms with Gasteiger partial charge in [0.1, 0.15) is 45.6 Å². The van der Waals surface area contributed by atoms with E-state index in [1.54, 1.807) is 18.6 Å². The molecule has 1 aromatic carbocycles. The molecule has 2 aromatic heterocycles. The van der Waals surface area contributed by atoms with Crippen LogP contribution in [-0.2, 0) is 9.59 Å². The highest BCUT2D eigenvalue weighted by atomic mass is 32.1. The maximum atomic E-state index is 13.9. The second-order valence-electron chi connectivity index (χ2n) is 12.0. The van der Waals surface area contributed by atoms with Gasteiger partial charge < -0.3 is 25.4 Å². The van der Waals surface area contributed by atoms with E-state index >= 15 is 0 Å². The Morgan fingerprint density at radius 1 is 1.21 bits per heavy atom. The van der Waals surface area contributed by atoms with Crippen molar-refractivity contribution >= 4 is 46.5 Å². The number of thiazole rings is 1. The molecule has 0 spiro atoms. The zero-order valence-electron chi connectivity index (χ0n) is 26.2. The Balaban J connectivity index is 1.35. The Bertz CT molecular complexity index is 1820. The molecule has 6 rings (SSSR count). The maximum Gasteiger partial charge on any atom is 0.328 e. The summed E-state index contributed by atoms with van der Waals surface area (Å²) in [6.07, 6.45) is 13.8. The molecule has 13 heteroatoms. The van der Waals surface area contributed by atoms with Gasteiger partial charge in [-0.05, 0) is 50.7 Å². The molecule has 1 radical (unpaired) electrons. The van der Waals surface area contributed by atoms with Crippen LogP contribution in [-0.4, -0.2) is 81.9 Å². The fourth-order valence-electron chi connectivity index (χ4n) is 6.32. The number of carbonyl (C=O) groups excluding carboxylic acids is 4. The fourth-order valence-corrected chi connectivity index (χ4v) is 7.04. The molecule has 243 valence electrons. The number of methoxy groups -OCH3 is 1. The molecule has 0 unspecified atom stereocenters. The predicted octanol–water partition coefficient (Wildman–Crippen LogP) is 4.09. The monoisotopic (exact) mass is 655 g/mol. The summed E-state index contributed by atoms with van der Waals surface area (Å²) >= 11 is 1.37. The molecular weight excluding hydrogens is 620 g/mol. The smallest absolute Gasteiger partial charge is 0.328 e. The highest BCUT2D eigenvalue weighted by Crippen LogP contribution is 2.44. The van der Waals surface area contributed by atoms with Crippen LogP contribution in [0.1, 0.15) is 49.8 Å². The van der Waals surface area contributed by atoms with Crippen molar-refractivity contribution in [1.82, 2.24) is 25.1 Å². The summed E-state index contributed by atoms with van der Waals surface area (Å²) < 4.78 is 12.2. The molecule has 3 N–H and O–H groups in total. The minimum Gasteiger partial charge on any atom is -0.496 e. The van der Waals surface area contributed by atoms with Gasteiger partial charge in [-0.1, -0.05) is 12.2 Å². The van der Waals surface area contributed by atoms with E-state index in [9.17, 15) is 19.2 Å². The molecule has 3 aromatic rings. The number of benzene rings is 1. The normalized spacial score (nSPS) is 25.4. The van der Waals surface area contributed by atoms with Gasteiger partial charge in [0.05, 0.1) is 12.6 Å². The molecule has 1 saturated carbocycles. The van der Waals surface area contributed by atoms with Gasteiger partial charge in [-0.2, -0.15) is 0 Å². The number of fused-ring (bicyclic) bond motifs is 3. The number of nitrogens with two attached hydrogens (primary N) is 1. The lowest BCUT2D eigenvalue weighted by Crippen LogP contribution is -2.61. The maximum absolute atomic E-state index is 13.9. The topological polar surface area (TPSA) is 157 Å². The summed E-state index contributed by atoms with van der Waals surface area (Å²) in [6.45, 7) is 2.16. The standard InChI is InChI=1S/C34H35N6O6S/c1-4-22-18-47-31(36-22)25-16-28(24-10-11-27(45-3)20(2)29(24)37-25)46-23-12-14-39-26(15-23)30(42)38-34(19-41)17-21(34)9-7-5-6-8-13-40(32(35)43)33(39)44/h1,7,9-11,16,18,21,23,26H,5-6,8,12-15,17H2,2-3H3,(H2,35,43)(H,38,42)/b9-7-/t21-,23+,26+,34+/m1/s1. The molecule has 4 heterocycles. The Hall–Kier alpha value is -4.96. The first-order valence-corrected chi connectivity index (χ1v) is 16.4. The number of pyridine rings is 1. The van der Waals surface area contributed by atoms with Crippen LogP contribution in [0.25, 0.3) is 21.6 Å². The van der Waals surface area contributed by atoms with Crippen molar-refractivity contribution in [1.29, 1.82) is 0 Å². The summed E-state index contributed by atoms with van der Waals surface area (Å²) in [5.74, 6) is 3.03. The first kappa shape index (κ1) is 32.0. The van der Waals surface area contributed by atoms with Gasteiger partial charge in [-0.3, -0.25) is 9.59 Å². The molecule has 47 heavy (non-hydrogen) atoms. The Kier molecular flexibility index (Phi) is 8.88. The van der Waals surface area contributed by atoms with E-state index in [1.807, 2.05) is 37.5 Å². The molecule has 4 atom stereocenters. The third-order valence-corrected chi connectivity index (χ3v) is 9.91. The summed E-state index contributed by atoms with van der Waals surface area (Å²) in [4.78, 5) is 63.8. The van der Waals surface area contributed by atoms with Crippen molar-refractivity contribution in [2.45, 2.75) is 63.1 Å². The van der Waals surface area contributed by atoms with Crippen LogP contribution < -0.4 is 20.5 Å². The molecular formula is C34H35N6O6S. The lowest BCUT2D eigenvalue weighted by molar-refractivity contribution is -0.128. The van der Waals surface area contributed by atoms with Crippen LogP contribution >= 0.6 is 11.3 Å². The molecule has 2 aliphatic heterocycles. The van der Waals surface area contributed by atoms with E-state index in [0.717, 1.165) is 22.3 Å². The second kappa shape index (κ2) is 13.0. The number of aromatic nitrogens is 2. The van der Waals surface area contributed by atoms with Crippen LogP contribution in [0, 0.1) is 25.2 Å². The van der Waals surface area contributed by atoms with Gasteiger partial charge in [0.15, 0.2) is 0 Å². The summed E-state index contributed by atoms with van der Waals surface area (Å²) in [5, 5.41) is 5.99. The van der Waals surface area contributed by atoms with Crippen molar-refractivity contribution in [3.63, 3.8) is 0 Å². The van der Waals surface area contributed by atoms with Crippen molar-refractivity contribution in [3.05, 3.63) is 47.0 Å². The van der Waals surface area contributed by atoms with Crippen LogP contribution in [0.4, 0.5) is 9.59 Å². The first-order chi connectivity index (χ1) is 22.7. The number of carbonyl (C=O) groups is 3. The third kappa shape index (κ3) is 6.25. The van der Waals surface area contributed by atoms with E-state index in [2.05, 4.69) is 16.2 Å². The van der Waals surface area contributed by atoms with Gasteiger partial charge in [-0.25, -0.2) is 24.5 Å². The molecule has 3 aliphatic rings. The van der Waals surface area contributed by atoms with E-state index in [0.29, 0.717) is 59.1 Å². The number of aryl methyl sites for hydroxylation is 1. The van der Waals surface area contributed by atoms with Crippen LogP contribution in [0.3, 0.4) is 0 Å². The Morgan fingerprint density at radius 2 is 2.04 bits per heavy atom. The van der Waals surface area contributed by atoms with Gasteiger partial charge in [-0.15, -0.1) is 17.8 Å². The minimum absolute atomic E-state index is 0.104. The number of hydrogen-bond donors (Lipinski definition) is 2. The molecule has 1 saturated heterocycles. The molecule has 12 nitrogen and oxygen atoms in total. The number of allylic oxidation sites excluding steroid dienone is 1. The van der Waals surface area contributed by atoms with E-state index in [1.165, 1.54) is 16.2 Å². The fraction of sp³-hybridized carbons (Fsp3) is 0.412. The minimum atomic E-state index is -1.15. The number of terminal acetylenes is 1. The van der Waals surface area contributed by atoms with Gasteiger partial charge in [0, 0.05) is 54.2 Å². The highest BCUT2D eigenvalue weighted by Gasteiger charge is 2.56. The van der Waals surface area contributed by atoms with Gasteiger partial charge >= 0.3 is 12.1 Å². The number of piperidine rings is 1. The van der Waals surface area contributed by atoms with E-state index < -0.39 is 35.7 Å². The lowest BCUT2D eigenvalue weighted by Gasteiger charge is -2.40. The number of urea groups is 2. The number of amides is 5. The van der Waals surface area contributed by atoms with Crippen LogP contribution in [0.5, 0.6) is 11.5 Å². The van der Waals surface area contributed by atoms with E-state index in [4.69, 9.17) is 26.6 Å². The van der Waals surface area contributed by atoms with Crippen LogP contribution in [0.2, 0.25) is 0 Å². The van der Waals surface area contributed by atoms with Gasteiger partial charge in [0.2, 0.25) is 12.2 Å². The summed E-state index contributed by atoms with van der Waals surface area (Å²) in [7, 11) is 1.59. The number of hydrogen-bond acceptors (Lipinski definition) is 9.